The van der Waals surface area contributed by atoms with Crippen LogP contribution in [0.25, 0.3) is 4.85 Å². The standard InChI is InChI=1S/C8H9BrN2O/c1-8(2,3)7-11-6(10-4)5(9)12-7/h1-3H3. The maximum absolute atomic E-state index is 6.77. The van der Waals surface area contributed by atoms with Crippen molar-refractivity contribution in [3.63, 3.8) is 0 Å². The third-order valence-electron chi connectivity index (χ3n) is 1.32. The molecule has 1 aromatic rings. The van der Waals surface area contributed by atoms with Gasteiger partial charge in [-0.3, -0.25) is 0 Å². The summed E-state index contributed by atoms with van der Waals surface area (Å²) in [5, 5.41) is 0. The average molecular weight is 229 g/mol. The van der Waals surface area contributed by atoms with Gasteiger partial charge in [-0.1, -0.05) is 11.6 Å². The van der Waals surface area contributed by atoms with Crippen LogP contribution in [-0.2, 0) is 5.41 Å². The van der Waals surface area contributed by atoms with E-state index in [1.165, 1.54) is 0 Å². The molecule has 3 nitrogen and oxygen atoms in total. The summed E-state index contributed by atoms with van der Waals surface area (Å²) < 4.78 is 5.68. The molecule has 0 N–H and O–H groups in total. The van der Waals surface area contributed by atoms with Gasteiger partial charge in [0.15, 0.2) is 0 Å². The van der Waals surface area contributed by atoms with E-state index in [0.29, 0.717) is 16.4 Å². The van der Waals surface area contributed by atoms with Crippen molar-refractivity contribution < 1.29 is 4.42 Å². The molecular formula is C8H9BrN2O. The zero-order chi connectivity index (χ0) is 9.35. The third kappa shape index (κ3) is 1.67. The molecule has 4 heteroatoms. The van der Waals surface area contributed by atoms with Gasteiger partial charge < -0.3 is 9.26 Å². The lowest BCUT2D eigenvalue weighted by atomic mass is 9.97. The summed E-state index contributed by atoms with van der Waals surface area (Å²) >= 11 is 3.13. The lowest BCUT2D eigenvalue weighted by Gasteiger charge is -2.08. The second kappa shape index (κ2) is 2.91. The summed E-state index contributed by atoms with van der Waals surface area (Å²) in [6, 6.07) is 0. The van der Waals surface area contributed by atoms with Crippen LogP contribution in [0.5, 0.6) is 0 Å². The Labute approximate surface area is 79.7 Å². The number of hydrogen-bond acceptors (Lipinski definition) is 2. The van der Waals surface area contributed by atoms with Gasteiger partial charge in [0.2, 0.25) is 4.67 Å². The molecule has 1 aromatic heterocycles. The smallest absolute Gasteiger partial charge is 0.323 e. The van der Waals surface area contributed by atoms with Crippen LogP contribution >= 0.6 is 15.9 Å². The van der Waals surface area contributed by atoms with Crippen molar-refractivity contribution in [2.45, 2.75) is 26.2 Å². The molecule has 0 saturated heterocycles. The Morgan fingerprint density at radius 1 is 1.50 bits per heavy atom. The molecule has 0 bridgehead atoms. The average Bonchev–Trinajstić information content (AvgIpc) is 2.29. The summed E-state index contributed by atoms with van der Waals surface area (Å²) in [5.41, 5.74) is -0.147. The van der Waals surface area contributed by atoms with Crippen LogP contribution in [0.2, 0.25) is 0 Å². The fourth-order valence-corrected chi connectivity index (χ4v) is 1.01. The van der Waals surface area contributed by atoms with Gasteiger partial charge in [0.05, 0.1) is 5.41 Å². The number of oxazole rings is 1. The highest BCUT2D eigenvalue weighted by Crippen LogP contribution is 2.31. The van der Waals surface area contributed by atoms with E-state index in [1.807, 2.05) is 20.8 Å². The molecule has 0 aromatic carbocycles. The Balaban J connectivity index is 3.16. The van der Waals surface area contributed by atoms with Gasteiger partial charge in [-0.25, -0.2) is 0 Å². The monoisotopic (exact) mass is 228 g/mol. The molecule has 0 spiro atoms. The SMILES string of the molecule is [C-]#[N+]c1nc(C(C)(C)C)oc1Br. The molecule has 0 aliphatic carbocycles. The van der Waals surface area contributed by atoms with E-state index >= 15 is 0 Å². The number of halogens is 1. The highest BCUT2D eigenvalue weighted by Gasteiger charge is 2.26. The molecule has 0 atom stereocenters. The van der Waals surface area contributed by atoms with Gasteiger partial charge in [-0.15, -0.1) is 0 Å². The maximum Gasteiger partial charge on any atom is 0.323 e. The van der Waals surface area contributed by atoms with Crippen molar-refractivity contribution in [1.29, 1.82) is 0 Å². The molecule has 1 heterocycles. The van der Waals surface area contributed by atoms with Crippen LogP contribution in [0.1, 0.15) is 26.7 Å². The number of rotatable bonds is 0. The summed E-state index contributed by atoms with van der Waals surface area (Å²) in [4.78, 5) is 7.23. The zero-order valence-electron chi connectivity index (χ0n) is 7.18. The van der Waals surface area contributed by atoms with E-state index in [1.54, 1.807) is 0 Å². The fraction of sp³-hybridized carbons (Fsp3) is 0.500. The van der Waals surface area contributed by atoms with Crippen LogP contribution in [-0.4, -0.2) is 4.98 Å². The molecule has 0 fully saturated rings. The van der Waals surface area contributed by atoms with Crippen molar-refractivity contribution in [1.82, 2.24) is 4.98 Å². The normalized spacial score (nSPS) is 11.2. The Bertz CT molecular complexity index is 330. The molecular weight excluding hydrogens is 220 g/mol. The van der Waals surface area contributed by atoms with Gasteiger partial charge in [0.25, 0.3) is 5.89 Å². The quantitative estimate of drug-likeness (QED) is 0.639. The molecule has 0 saturated carbocycles. The van der Waals surface area contributed by atoms with Crippen LogP contribution in [0.15, 0.2) is 9.09 Å². The van der Waals surface area contributed by atoms with E-state index in [2.05, 4.69) is 25.8 Å². The molecule has 0 amide bonds. The van der Waals surface area contributed by atoms with Crippen LogP contribution in [0, 0.1) is 6.57 Å². The molecule has 0 radical (unpaired) electrons. The Kier molecular flexibility index (Phi) is 2.25. The van der Waals surface area contributed by atoms with Crippen LogP contribution in [0.4, 0.5) is 5.82 Å². The highest BCUT2D eigenvalue weighted by atomic mass is 79.9. The summed E-state index contributed by atoms with van der Waals surface area (Å²) in [5.74, 6) is 0.875. The van der Waals surface area contributed by atoms with E-state index in [0.717, 1.165) is 0 Å². The molecule has 0 aliphatic heterocycles. The number of hydrogen-bond donors (Lipinski definition) is 0. The second-order valence-electron chi connectivity index (χ2n) is 3.48. The first-order valence-electron chi connectivity index (χ1n) is 3.49. The predicted octanol–water partition coefficient (Wildman–Crippen LogP) is 3.29. The number of nitrogens with zero attached hydrogens (tertiary/aromatic N) is 2. The fourth-order valence-electron chi connectivity index (χ4n) is 0.683. The van der Waals surface area contributed by atoms with E-state index < -0.39 is 0 Å². The minimum Gasteiger partial charge on any atom is -0.427 e. The largest absolute Gasteiger partial charge is 0.427 e. The summed E-state index contributed by atoms with van der Waals surface area (Å²) in [7, 11) is 0. The van der Waals surface area contributed by atoms with Crippen molar-refractivity contribution >= 4 is 21.7 Å². The van der Waals surface area contributed by atoms with E-state index in [-0.39, 0.29) is 5.41 Å². The van der Waals surface area contributed by atoms with E-state index in [9.17, 15) is 0 Å². The predicted molar refractivity (Wildman–Crippen MR) is 49.2 cm³/mol. The number of aromatic nitrogens is 1. The van der Waals surface area contributed by atoms with Gasteiger partial charge in [-0.2, -0.15) is 0 Å². The Morgan fingerprint density at radius 3 is 2.33 bits per heavy atom. The molecule has 0 unspecified atom stereocenters. The van der Waals surface area contributed by atoms with E-state index in [4.69, 9.17) is 11.0 Å². The first-order valence-corrected chi connectivity index (χ1v) is 4.28. The minimum atomic E-state index is -0.147. The van der Waals surface area contributed by atoms with Crippen molar-refractivity contribution in [2.24, 2.45) is 0 Å². The maximum atomic E-state index is 6.77. The second-order valence-corrected chi connectivity index (χ2v) is 4.20. The van der Waals surface area contributed by atoms with Crippen molar-refractivity contribution in [3.8, 4) is 0 Å². The molecule has 64 valence electrons. The minimum absolute atomic E-state index is 0.147. The first-order chi connectivity index (χ1) is 5.45. The molecule has 0 aliphatic rings. The van der Waals surface area contributed by atoms with Gasteiger partial charge in [0.1, 0.15) is 0 Å². The van der Waals surface area contributed by atoms with Crippen LogP contribution < -0.4 is 0 Å². The molecule has 1 rings (SSSR count). The van der Waals surface area contributed by atoms with Gasteiger partial charge >= 0.3 is 5.82 Å². The zero-order valence-corrected chi connectivity index (χ0v) is 8.77. The van der Waals surface area contributed by atoms with Crippen molar-refractivity contribution in [3.05, 3.63) is 22.0 Å². The molecule has 12 heavy (non-hydrogen) atoms. The topological polar surface area (TPSA) is 30.4 Å². The van der Waals surface area contributed by atoms with Gasteiger partial charge in [0, 0.05) is 0 Å². The van der Waals surface area contributed by atoms with Crippen molar-refractivity contribution in [2.75, 3.05) is 0 Å². The summed E-state index contributed by atoms with van der Waals surface area (Å²) in [6.07, 6.45) is 0. The first kappa shape index (κ1) is 9.27. The lowest BCUT2D eigenvalue weighted by Crippen LogP contribution is -2.10. The van der Waals surface area contributed by atoms with Gasteiger partial charge in [-0.05, 0) is 36.7 Å². The lowest BCUT2D eigenvalue weighted by molar-refractivity contribution is 0.382. The Hall–Kier alpha value is -0.820. The van der Waals surface area contributed by atoms with Crippen LogP contribution in [0.3, 0.4) is 0 Å². The Morgan fingerprint density at radius 2 is 2.08 bits per heavy atom. The highest BCUT2D eigenvalue weighted by molar-refractivity contribution is 9.10. The third-order valence-corrected chi connectivity index (χ3v) is 1.83. The summed E-state index contributed by atoms with van der Waals surface area (Å²) in [6.45, 7) is 12.7.